The van der Waals surface area contributed by atoms with Crippen LogP contribution >= 0.6 is 0 Å². The van der Waals surface area contributed by atoms with Crippen molar-refractivity contribution in [2.24, 2.45) is 12.0 Å². The number of aliphatic hydroxyl groups is 1. The summed E-state index contributed by atoms with van der Waals surface area (Å²) in [4.78, 5) is 3.91. The van der Waals surface area contributed by atoms with Crippen molar-refractivity contribution >= 4 is 12.2 Å². The van der Waals surface area contributed by atoms with Crippen LogP contribution < -0.4 is 5.32 Å². The molecule has 0 saturated heterocycles. The van der Waals surface area contributed by atoms with Gasteiger partial charge in [0, 0.05) is 7.05 Å². The fourth-order valence-corrected chi connectivity index (χ4v) is 1.11. The molecule has 0 amide bonds. The first kappa shape index (κ1) is 7.23. The molecule has 2 N–H and O–H groups in total. The van der Waals surface area contributed by atoms with Crippen LogP contribution in [0.1, 0.15) is 11.8 Å². The van der Waals surface area contributed by atoms with Crippen molar-refractivity contribution in [1.29, 1.82) is 0 Å². The summed E-state index contributed by atoms with van der Waals surface area (Å²) in [7, 11) is 1.75. The normalized spacial score (nSPS) is 21.3. The molecular formula is C6H9N5O. The van der Waals surface area contributed by atoms with Gasteiger partial charge in [-0.15, -0.1) is 5.10 Å². The van der Waals surface area contributed by atoms with Crippen LogP contribution in [0.15, 0.2) is 4.99 Å². The van der Waals surface area contributed by atoms with Crippen molar-refractivity contribution in [2.75, 3.05) is 11.9 Å². The number of aromatic nitrogens is 3. The lowest BCUT2D eigenvalue weighted by Gasteiger charge is -2.02. The number of aliphatic hydroxyl groups excluding tert-OH is 1. The van der Waals surface area contributed by atoms with Crippen molar-refractivity contribution in [3.63, 3.8) is 0 Å². The second kappa shape index (κ2) is 2.56. The van der Waals surface area contributed by atoms with E-state index in [-0.39, 0.29) is 0 Å². The third-order valence-corrected chi connectivity index (χ3v) is 1.74. The summed E-state index contributed by atoms with van der Waals surface area (Å²) in [5, 5.41) is 20.0. The van der Waals surface area contributed by atoms with Gasteiger partial charge in [0.05, 0.1) is 12.9 Å². The first-order valence-electron chi connectivity index (χ1n) is 3.61. The fourth-order valence-electron chi connectivity index (χ4n) is 1.11. The number of aliphatic imine (C=N–C) groups is 1. The molecule has 6 nitrogen and oxygen atoms in total. The summed E-state index contributed by atoms with van der Waals surface area (Å²) in [6.07, 6.45) is 0.887. The molecule has 6 heteroatoms. The summed E-state index contributed by atoms with van der Waals surface area (Å²) >= 11 is 0. The topological polar surface area (TPSA) is 75.3 Å². The van der Waals surface area contributed by atoms with Gasteiger partial charge in [-0.3, -0.25) is 4.99 Å². The van der Waals surface area contributed by atoms with Crippen LogP contribution in [0, 0.1) is 0 Å². The minimum absolute atomic E-state index is 0.332. The zero-order chi connectivity index (χ0) is 8.55. The standard InChI is InChI=1S/C6H9N5O/c1-11-6-5(9-10-11)4(12)2-7-3-8-6/h3-4,12H,2H2,1H3,(H,7,8)/t4-/m1/s1. The molecule has 0 aromatic carbocycles. The van der Waals surface area contributed by atoms with Gasteiger partial charge in [-0.1, -0.05) is 5.21 Å². The number of hydrogen-bond donors (Lipinski definition) is 2. The molecule has 1 aromatic heterocycles. The zero-order valence-corrected chi connectivity index (χ0v) is 6.60. The molecule has 0 spiro atoms. The molecule has 0 fully saturated rings. The smallest absolute Gasteiger partial charge is 0.155 e. The minimum Gasteiger partial charge on any atom is -0.385 e. The van der Waals surface area contributed by atoms with Crippen LogP contribution in [0.5, 0.6) is 0 Å². The van der Waals surface area contributed by atoms with Crippen LogP contribution in [-0.2, 0) is 7.05 Å². The summed E-state index contributed by atoms with van der Waals surface area (Å²) in [6, 6.07) is 0. The number of rotatable bonds is 0. The van der Waals surface area contributed by atoms with Crippen molar-refractivity contribution in [3.8, 4) is 0 Å². The highest BCUT2D eigenvalue weighted by Gasteiger charge is 2.19. The molecule has 12 heavy (non-hydrogen) atoms. The lowest BCUT2D eigenvalue weighted by atomic mass is 10.2. The van der Waals surface area contributed by atoms with Crippen LogP contribution in [0.25, 0.3) is 0 Å². The van der Waals surface area contributed by atoms with Gasteiger partial charge in [0.2, 0.25) is 0 Å². The van der Waals surface area contributed by atoms with Crippen molar-refractivity contribution < 1.29 is 5.11 Å². The molecule has 1 aliphatic heterocycles. The Hall–Kier alpha value is -1.43. The first-order valence-corrected chi connectivity index (χ1v) is 3.61. The Kier molecular flexibility index (Phi) is 1.54. The largest absolute Gasteiger partial charge is 0.385 e. The van der Waals surface area contributed by atoms with E-state index >= 15 is 0 Å². The van der Waals surface area contributed by atoms with E-state index in [1.807, 2.05) is 0 Å². The predicted molar refractivity (Wildman–Crippen MR) is 42.9 cm³/mol. The molecule has 1 aromatic rings. The number of nitrogens with zero attached hydrogens (tertiary/aromatic N) is 4. The van der Waals surface area contributed by atoms with E-state index in [2.05, 4.69) is 20.6 Å². The van der Waals surface area contributed by atoms with E-state index in [0.29, 0.717) is 18.1 Å². The number of anilines is 1. The maximum absolute atomic E-state index is 9.49. The SMILES string of the molecule is Cn1nnc2c1NC=NC[C@H]2O. The minimum atomic E-state index is -0.653. The van der Waals surface area contributed by atoms with Gasteiger partial charge in [-0.2, -0.15) is 0 Å². The highest BCUT2D eigenvalue weighted by molar-refractivity contribution is 5.75. The summed E-state index contributed by atoms with van der Waals surface area (Å²) in [5.74, 6) is 0.698. The third-order valence-electron chi connectivity index (χ3n) is 1.74. The fraction of sp³-hybridized carbons (Fsp3) is 0.500. The molecule has 0 radical (unpaired) electrons. The molecule has 0 aliphatic carbocycles. The van der Waals surface area contributed by atoms with E-state index in [0.717, 1.165) is 0 Å². The molecule has 0 unspecified atom stereocenters. The van der Waals surface area contributed by atoms with Crippen LogP contribution in [0.4, 0.5) is 5.82 Å². The highest BCUT2D eigenvalue weighted by Crippen LogP contribution is 2.20. The van der Waals surface area contributed by atoms with E-state index in [4.69, 9.17) is 0 Å². The number of hydrogen-bond acceptors (Lipinski definition) is 5. The number of fused-ring (bicyclic) bond motifs is 1. The average molecular weight is 167 g/mol. The van der Waals surface area contributed by atoms with E-state index in [9.17, 15) is 5.11 Å². The molecule has 1 atom stereocenters. The van der Waals surface area contributed by atoms with Gasteiger partial charge in [0.1, 0.15) is 11.8 Å². The van der Waals surface area contributed by atoms with Crippen molar-refractivity contribution in [2.45, 2.75) is 6.10 Å². The predicted octanol–water partition coefficient (Wildman–Crippen LogP) is -0.698. The van der Waals surface area contributed by atoms with E-state index < -0.39 is 6.10 Å². The maximum Gasteiger partial charge on any atom is 0.155 e. The zero-order valence-electron chi connectivity index (χ0n) is 6.60. The Bertz CT molecular complexity index is 318. The lowest BCUT2D eigenvalue weighted by molar-refractivity contribution is 0.184. The third kappa shape index (κ3) is 0.964. The summed E-state index contributed by atoms with van der Waals surface area (Å²) in [5.41, 5.74) is 0.551. The van der Waals surface area contributed by atoms with Gasteiger partial charge in [-0.05, 0) is 0 Å². The van der Waals surface area contributed by atoms with Crippen LogP contribution in [0.3, 0.4) is 0 Å². The van der Waals surface area contributed by atoms with Crippen molar-refractivity contribution in [3.05, 3.63) is 5.69 Å². The quantitative estimate of drug-likeness (QED) is 0.536. The van der Waals surface area contributed by atoms with Gasteiger partial charge in [0.25, 0.3) is 0 Å². The summed E-state index contributed by atoms with van der Waals surface area (Å²) < 4.78 is 1.57. The van der Waals surface area contributed by atoms with Crippen LogP contribution in [-0.4, -0.2) is 33.0 Å². The Morgan fingerprint density at radius 3 is 3.42 bits per heavy atom. The molecule has 64 valence electrons. The van der Waals surface area contributed by atoms with Gasteiger partial charge < -0.3 is 10.4 Å². The monoisotopic (exact) mass is 167 g/mol. The van der Waals surface area contributed by atoms with Crippen LogP contribution in [0.2, 0.25) is 0 Å². The van der Waals surface area contributed by atoms with Crippen molar-refractivity contribution in [1.82, 2.24) is 15.0 Å². The lowest BCUT2D eigenvalue weighted by Crippen LogP contribution is -2.03. The van der Waals surface area contributed by atoms with Gasteiger partial charge >= 0.3 is 0 Å². The first-order chi connectivity index (χ1) is 5.79. The number of aryl methyl sites for hydroxylation is 1. The maximum atomic E-state index is 9.49. The molecule has 0 bridgehead atoms. The second-order valence-electron chi connectivity index (χ2n) is 2.60. The van der Waals surface area contributed by atoms with Gasteiger partial charge in [0.15, 0.2) is 5.82 Å². The highest BCUT2D eigenvalue weighted by atomic mass is 16.3. The van der Waals surface area contributed by atoms with E-state index in [1.165, 1.54) is 0 Å². The summed E-state index contributed by atoms with van der Waals surface area (Å²) in [6.45, 7) is 0.332. The Labute approximate surface area is 68.9 Å². The molecule has 0 saturated carbocycles. The Balaban J connectivity index is 2.48. The number of nitrogens with one attached hydrogen (secondary N) is 1. The average Bonchev–Trinajstić information content (AvgIpc) is 2.30. The molecule has 2 rings (SSSR count). The van der Waals surface area contributed by atoms with Gasteiger partial charge in [-0.25, -0.2) is 4.68 Å². The Morgan fingerprint density at radius 2 is 2.58 bits per heavy atom. The molecule has 1 aliphatic rings. The second-order valence-corrected chi connectivity index (χ2v) is 2.60. The Morgan fingerprint density at radius 1 is 1.75 bits per heavy atom. The molecule has 2 heterocycles. The van der Waals surface area contributed by atoms with E-state index in [1.54, 1.807) is 18.1 Å². The molecular weight excluding hydrogens is 158 g/mol.